The zero-order valence-electron chi connectivity index (χ0n) is 19.5. The molecule has 0 spiro atoms. The lowest BCUT2D eigenvalue weighted by Crippen LogP contribution is -2.81. The molecule has 4 rings (SSSR count). The van der Waals surface area contributed by atoms with Gasteiger partial charge in [0.15, 0.2) is 5.54 Å². The lowest BCUT2D eigenvalue weighted by molar-refractivity contribution is -0.384. The fourth-order valence-corrected chi connectivity index (χ4v) is 4.64. The van der Waals surface area contributed by atoms with Crippen LogP contribution in [0.3, 0.4) is 0 Å². The van der Waals surface area contributed by atoms with Gasteiger partial charge in [-0.1, -0.05) is 72.8 Å². The first kappa shape index (κ1) is 24.3. The van der Waals surface area contributed by atoms with Gasteiger partial charge in [0.1, 0.15) is 0 Å². The van der Waals surface area contributed by atoms with E-state index in [1.165, 1.54) is 30.3 Å². The van der Waals surface area contributed by atoms with Crippen LogP contribution < -0.4 is 4.90 Å². The Balaban J connectivity index is 2.03. The first-order valence-corrected chi connectivity index (χ1v) is 10.9. The first-order chi connectivity index (χ1) is 17.3. The molecule has 9 heteroatoms. The Labute approximate surface area is 206 Å². The van der Waals surface area contributed by atoms with E-state index in [9.17, 15) is 24.5 Å². The van der Waals surface area contributed by atoms with Gasteiger partial charge >= 0.3 is 11.9 Å². The Hall–Kier alpha value is -4.79. The van der Waals surface area contributed by atoms with Crippen molar-refractivity contribution in [1.29, 1.82) is 0 Å². The van der Waals surface area contributed by atoms with Gasteiger partial charge < -0.3 is 9.47 Å². The van der Waals surface area contributed by atoms with Crippen molar-refractivity contribution in [1.82, 2.24) is 0 Å². The summed E-state index contributed by atoms with van der Waals surface area (Å²) in [6, 6.07) is 22.4. The van der Waals surface area contributed by atoms with E-state index in [4.69, 9.17) is 9.47 Å². The van der Waals surface area contributed by atoms with Gasteiger partial charge in [-0.2, -0.15) is 0 Å². The largest absolute Gasteiger partial charge is 0.468 e. The Bertz CT molecular complexity index is 1340. The zero-order chi connectivity index (χ0) is 25.9. The van der Waals surface area contributed by atoms with Crippen LogP contribution in [0.4, 0.5) is 11.4 Å². The van der Waals surface area contributed by atoms with Gasteiger partial charge in [0, 0.05) is 17.8 Å². The topological polar surface area (TPSA) is 116 Å². The van der Waals surface area contributed by atoms with Crippen LogP contribution in [0.25, 0.3) is 6.08 Å². The van der Waals surface area contributed by atoms with E-state index < -0.39 is 33.7 Å². The van der Waals surface area contributed by atoms with Crippen molar-refractivity contribution in [3.8, 4) is 0 Å². The standard InChI is InChI=1S/C27H22N2O7/c1-35-24(31)26(18-17-19-9-5-3-6-10-19)23(30)28(21-13-15-22(16-14-21)29(33)34)27(26,25(32)36-2)20-11-7-4-8-12-20/h3-18H,1-2H3/b18-17+/t26-,27-/m1/s1. The summed E-state index contributed by atoms with van der Waals surface area (Å²) in [5, 5.41) is 11.2. The molecule has 1 heterocycles. The monoisotopic (exact) mass is 486 g/mol. The minimum absolute atomic E-state index is 0.174. The number of nitro benzene ring substituents is 1. The second kappa shape index (κ2) is 9.46. The predicted molar refractivity (Wildman–Crippen MR) is 131 cm³/mol. The van der Waals surface area contributed by atoms with Crippen LogP contribution in [0, 0.1) is 15.5 Å². The fraction of sp³-hybridized carbons (Fsp3) is 0.148. The Morgan fingerprint density at radius 3 is 1.94 bits per heavy atom. The zero-order valence-corrected chi connectivity index (χ0v) is 19.5. The number of β-lactam (4-membered cyclic amide) rings is 1. The van der Waals surface area contributed by atoms with Crippen molar-refractivity contribution in [3.05, 3.63) is 112 Å². The predicted octanol–water partition coefficient (Wildman–Crippen LogP) is 3.88. The summed E-state index contributed by atoms with van der Waals surface area (Å²) in [7, 11) is 2.29. The van der Waals surface area contributed by atoms with Crippen molar-refractivity contribution in [2.45, 2.75) is 5.54 Å². The third kappa shape index (κ3) is 3.44. The van der Waals surface area contributed by atoms with E-state index in [1.807, 2.05) is 6.07 Å². The highest BCUT2D eigenvalue weighted by atomic mass is 16.6. The third-order valence-electron chi connectivity index (χ3n) is 6.27. The summed E-state index contributed by atoms with van der Waals surface area (Å²) in [6.07, 6.45) is 2.94. The van der Waals surface area contributed by atoms with E-state index in [0.29, 0.717) is 11.1 Å². The molecule has 3 aromatic carbocycles. The summed E-state index contributed by atoms with van der Waals surface area (Å²) >= 11 is 0. The molecule has 3 aromatic rings. The molecule has 0 aromatic heterocycles. The Kier molecular flexibility index (Phi) is 6.39. The number of rotatable bonds is 7. The Morgan fingerprint density at radius 1 is 0.861 bits per heavy atom. The van der Waals surface area contributed by atoms with Crippen LogP contribution in [0.2, 0.25) is 0 Å². The smallest absolute Gasteiger partial charge is 0.339 e. The molecular formula is C27H22N2O7. The van der Waals surface area contributed by atoms with Crippen molar-refractivity contribution in [3.63, 3.8) is 0 Å². The fourth-order valence-electron chi connectivity index (χ4n) is 4.64. The number of nitrogens with zero attached hydrogens (tertiary/aromatic N) is 2. The molecular weight excluding hydrogens is 464 g/mol. The average molecular weight is 486 g/mol. The lowest BCUT2D eigenvalue weighted by Gasteiger charge is -2.59. The summed E-state index contributed by atoms with van der Waals surface area (Å²) in [5.41, 5.74) is -3.14. The summed E-state index contributed by atoms with van der Waals surface area (Å²) in [4.78, 5) is 52.8. The summed E-state index contributed by atoms with van der Waals surface area (Å²) in [5.74, 6) is -2.58. The number of amides is 1. The van der Waals surface area contributed by atoms with Crippen molar-refractivity contribution >= 4 is 35.3 Å². The second-order valence-electron chi connectivity index (χ2n) is 8.03. The number of benzene rings is 3. The van der Waals surface area contributed by atoms with Gasteiger partial charge in [-0.25, -0.2) is 4.79 Å². The molecule has 2 atom stereocenters. The van der Waals surface area contributed by atoms with E-state index in [0.717, 1.165) is 19.1 Å². The van der Waals surface area contributed by atoms with Gasteiger partial charge in [0.05, 0.1) is 19.1 Å². The highest BCUT2D eigenvalue weighted by Crippen LogP contribution is 2.59. The highest BCUT2D eigenvalue weighted by molar-refractivity contribution is 6.27. The number of carbonyl (C=O) groups excluding carboxylic acids is 3. The van der Waals surface area contributed by atoms with E-state index in [1.54, 1.807) is 60.7 Å². The number of esters is 2. The van der Waals surface area contributed by atoms with Crippen LogP contribution in [-0.4, -0.2) is 37.0 Å². The number of hydrogen-bond acceptors (Lipinski definition) is 7. The average Bonchev–Trinajstić information content (AvgIpc) is 2.92. The number of nitro groups is 1. The second-order valence-corrected chi connectivity index (χ2v) is 8.03. The lowest BCUT2D eigenvalue weighted by atomic mass is 9.56. The molecule has 1 aliphatic rings. The van der Waals surface area contributed by atoms with Crippen molar-refractivity contribution < 1.29 is 28.8 Å². The maximum absolute atomic E-state index is 14.0. The molecule has 36 heavy (non-hydrogen) atoms. The van der Waals surface area contributed by atoms with E-state index in [2.05, 4.69) is 0 Å². The van der Waals surface area contributed by atoms with Gasteiger partial charge in [0.25, 0.3) is 11.6 Å². The van der Waals surface area contributed by atoms with Crippen LogP contribution in [0.5, 0.6) is 0 Å². The summed E-state index contributed by atoms with van der Waals surface area (Å²) in [6.45, 7) is 0. The van der Waals surface area contributed by atoms with Gasteiger partial charge in [-0.05, 0) is 23.3 Å². The number of carbonyl (C=O) groups is 3. The Morgan fingerprint density at radius 2 is 1.42 bits per heavy atom. The van der Waals surface area contributed by atoms with Gasteiger partial charge in [-0.3, -0.25) is 24.6 Å². The van der Waals surface area contributed by atoms with Crippen LogP contribution >= 0.6 is 0 Å². The van der Waals surface area contributed by atoms with Crippen molar-refractivity contribution in [2.24, 2.45) is 5.41 Å². The first-order valence-electron chi connectivity index (χ1n) is 10.9. The number of non-ortho nitro benzene ring substituents is 1. The minimum Gasteiger partial charge on any atom is -0.468 e. The number of methoxy groups -OCH3 is 2. The third-order valence-corrected chi connectivity index (χ3v) is 6.27. The van der Waals surface area contributed by atoms with Crippen LogP contribution in [0.1, 0.15) is 11.1 Å². The molecule has 0 unspecified atom stereocenters. The maximum atomic E-state index is 14.0. The molecule has 0 N–H and O–H groups in total. The van der Waals surface area contributed by atoms with E-state index in [-0.39, 0.29) is 11.4 Å². The SMILES string of the molecule is COC(=O)[C@@]1(/C=C/c2ccccc2)C(=O)N(c2ccc([N+](=O)[O-])cc2)[C@@]1(C(=O)OC)c1ccccc1. The summed E-state index contributed by atoms with van der Waals surface area (Å²) < 4.78 is 10.3. The quantitative estimate of drug-likeness (QED) is 0.164. The molecule has 0 radical (unpaired) electrons. The molecule has 0 saturated carbocycles. The van der Waals surface area contributed by atoms with Gasteiger partial charge in [0.2, 0.25) is 5.41 Å². The molecule has 1 saturated heterocycles. The van der Waals surface area contributed by atoms with Crippen LogP contribution in [0.15, 0.2) is 91.0 Å². The van der Waals surface area contributed by atoms with Gasteiger partial charge in [-0.15, -0.1) is 0 Å². The molecule has 1 amide bonds. The minimum atomic E-state index is -2.12. The molecule has 1 fully saturated rings. The number of ether oxygens (including phenoxy) is 2. The van der Waals surface area contributed by atoms with E-state index >= 15 is 0 Å². The maximum Gasteiger partial charge on any atom is 0.339 e. The van der Waals surface area contributed by atoms with Crippen LogP contribution in [-0.2, 0) is 29.4 Å². The molecule has 0 bridgehead atoms. The van der Waals surface area contributed by atoms with Crippen molar-refractivity contribution in [2.75, 3.05) is 19.1 Å². The normalized spacial score (nSPS) is 21.1. The number of anilines is 1. The molecule has 0 aliphatic carbocycles. The molecule has 182 valence electrons. The molecule has 9 nitrogen and oxygen atoms in total. The number of hydrogen-bond donors (Lipinski definition) is 0. The highest BCUT2D eigenvalue weighted by Gasteiger charge is 2.80. The molecule has 1 aliphatic heterocycles.